The standard InChI is InChI=1S/C15H16FN5OS/c16-11-4-8(6-22)3-9(11)12-5-10(15-18-1-2-23-15)13-14(17)19-7-20-21(12)13/h1-2,5,7-9,11,22H,3-4,6H2,(H2,17,19,20). The van der Waals surface area contributed by atoms with E-state index in [4.69, 9.17) is 5.73 Å². The number of halogens is 1. The number of aliphatic hydroxyl groups is 1. The monoisotopic (exact) mass is 333 g/mol. The molecule has 0 bridgehead atoms. The van der Waals surface area contributed by atoms with Gasteiger partial charge in [0.15, 0.2) is 5.82 Å². The summed E-state index contributed by atoms with van der Waals surface area (Å²) >= 11 is 1.49. The maximum atomic E-state index is 14.5. The van der Waals surface area contributed by atoms with E-state index in [1.165, 1.54) is 17.7 Å². The predicted molar refractivity (Wildman–Crippen MR) is 86.0 cm³/mol. The SMILES string of the molecule is Nc1ncnn2c(C3CC(CO)CC3F)cc(-c3nccs3)c12. The van der Waals surface area contributed by atoms with Gasteiger partial charge < -0.3 is 10.8 Å². The number of nitrogens with zero attached hydrogens (tertiary/aromatic N) is 4. The van der Waals surface area contributed by atoms with Crippen molar-refractivity contribution in [1.29, 1.82) is 0 Å². The molecule has 1 fully saturated rings. The lowest BCUT2D eigenvalue weighted by Gasteiger charge is -2.12. The van der Waals surface area contributed by atoms with Crippen LogP contribution in [0.2, 0.25) is 0 Å². The number of aliphatic hydroxyl groups excluding tert-OH is 1. The van der Waals surface area contributed by atoms with E-state index in [1.54, 1.807) is 10.7 Å². The summed E-state index contributed by atoms with van der Waals surface area (Å²) in [5.74, 6) is 0.0364. The van der Waals surface area contributed by atoms with E-state index in [9.17, 15) is 9.50 Å². The quantitative estimate of drug-likeness (QED) is 0.767. The number of aromatic nitrogens is 4. The number of fused-ring (bicyclic) bond motifs is 1. The lowest BCUT2D eigenvalue weighted by atomic mass is 10.0. The van der Waals surface area contributed by atoms with Crippen LogP contribution in [0, 0.1) is 5.92 Å². The van der Waals surface area contributed by atoms with Crippen molar-refractivity contribution in [2.45, 2.75) is 24.9 Å². The first-order valence-electron chi connectivity index (χ1n) is 7.46. The third kappa shape index (κ3) is 2.29. The zero-order chi connectivity index (χ0) is 16.0. The Bertz CT molecular complexity index is 834. The molecule has 3 unspecified atom stereocenters. The molecular formula is C15H16FN5OS. The lowest BCUT2D eigenvalue weighted by Crippen LogP contribution is -2.11. The summed E-state index contributed by atoms with van der Waals surface area (Å²) in [7, 11) is 0. The van der Waals surface area contributed by atoms with Crippen molar-refractivity contribution >= 4 is 22.7 Å². The van der Waals surface area contributed by atoms with Gasteiger partial charge in [-0.05, 0) is 24.8 Å². The highest BCUT2D eigenvalue weighted by molar-refractivity contribution is 7.13. The van der Waals surface area contributed by atoms with Gasteiger partial charge in [-0.2, -0.15) is 5.10 Å². The molecule has 120 valence electrons. The second-order valence-corrected chi connectivity index (χ2v) is 6.76. The second kappa shape index (κ2) is 5.54. The molecule has 3 aromatic rings. The van der Waals surface area contributed by atoms with E-state index >= 15 is 0 Å². The van der Waals surface area contributed by atoms with Gasteiger partial charge in [0.05, 0.1) is 0 Å². The summed E-state index contributed by atoms with van der Waals surface area (Å²) in [4.78, 5) is 8.39. The largest absolute Gasteiger partial charge is 0.396 e. The molecule has 0 amide bonds. The van der Waals surface area contributed by atoms with Gasteiger partial charge in [-0.3, -0.25) is 0 Å². The number of nitrogen functional groups attached to an aromatic ring is 1. The highest BCUT2D eigenvalue weighted by atomic mass is 32.1. The average molecular weight is 333 g/mol. The number of hydrogen-bond acceptors (Lipinski definition) is 6. The Morgan fingerprint density at radius 2 is 2.26 bits per heavy atom. The Balaban J connectivity index is 1.90. The second-order valence-electron chi connectivity index (χ2n) is 5.87. The fourth-order valence-corrected chi connectivity index (χ4v) is 4.07. The molecular weight excluding hydrogens is 317 g/mol. The summed E-state index contributed by atoms with van der Waals surface area (Å²) < 4.78 is 16.2. The molecule has 0 radical (unpaired) electrons. The Hall–Kier alpha value is -2.06. The number of anilines is 1. The van der Waals surface area contributed by atoms with Crippen LogP contribution in [0.15, 0.2) is 24.0 Å². The Morgan fingerprint density at radius 3 is 2.96 bits per heavy atom. The van der Waals surface area contributed by atoms with Gasteiger partial charge in [0.2, 0.25) is 0 Å². The molecule has 0 aromatic carbocycles. The van der Waals surface area contributed by atoms with E-state index < -0.39 is 6.17 Å². The fourth-order valence-electron chi connectivity index (χ4n) is 3.42. The number of nitrogens with two attached hydrogens (primary N) is 1. The van der Waals surface area contributed by atoms with Crippen LogP contribution in [0.3, 0.4) is 0 Å². The molecule has 1 aliphatic carbocycles. The molecule has 1 saturated carbocycles. The summed E-state index contributed by atoms with van der Waals surface area (Å²) in [5, 5.41) is 16.3. The normalized spacial score (nSPS) is 24.5. The highest BCUT2D eigenvalue weighted by Crippen LogP contribution is 2.43. The van der Waals surface area contributed by atoms with Crippen molar-refractivity contribution in [3.8, 4) is 10.6 Å². The average Bonchev–Trinajstić information content (AvgIpc) is 3.25. The van der Waals surface area contributed by atoms with Gasteiger partial charge in [0.25, 0.3) is 0 Å². The molecule has 0 saturated heterocycles. The first-order valence-corrected chi connectivity index (χ1v) is 8.34. The molecule has 4 rings (SSSR count). The fraction of sp³-hybridized carbons (Fsp3) is 0.400. The molecule has 8 heteroatoms. The van der Waals surface area contributed by atoms with Crippen molar-refractivity contribution in [2.24, 2.45) is 5.92 Å². The van der Waals surface area contributed by atoms with E-state index in [2.05, 4.69) is 15.1 Å². The third-order valence-electron chi connectivity index (χ3n) is 4.49. The summed E-state index contributed by atoms with van der Waals surface area (Å²) in [6, 6.07) is 1.91. The van der Waals surface area contributed by atoms with Crippen LogP contribution in [0.25, 0.3) is 16.1 Å². The van der Waals surface area contributed by atoms with Gasteiger partial charge >= 0.3 is 0 Å². The van der Waals surface area contributed by atoms with Gasteiger partial charge in [0.1, 0.15) is 23.0 Å². The minimum atomic E-state index is -0.995. The Labute approximate surface area is 135 Å². The molecule has 1 aliphatic rings. The van der Waals surface area contributed by atoms with Crippen molar-refractivity contribution in [3.05, 3.63) is 29.7 Å². The number of hydrogen-bond donors (Lipinski definition) is 2. The van der Waals surface area contributed by atoms with Gasteiger partial charge in [0, 0.05) is 35.4 Å². The van der Waals surface area contributed by atoms with Crippen LogP contribution in [0.4, 0.5) is 10.2 Å². The molecule has 3 N–H and O–H groups in total. The molecule has 3 atom stereocenters. The van der Waals surface area contributed by atoms with E-state index in [0.29, 0.717) is 24.2 Å². The topological polar surface area (TPSA) is 89.3 Å². The molecule has 0 aliphatic heterocycles. The van der Waals surface area contributed by atoms with E-state index in [-0.39, 0.29) is 18.4 Å². The van der Waals surface area contributed by atoms with Crippen molar-refractivity contribution < 1.29 is 9.50 Å². The van der Waals surface area contributed by atoms with Crippen molar-refractivity contribution in [3.63, 3.8) is 0 Å². The molecule has 3 aromatic heterocycles. The zero-order valence-electron chi connectivity index (χ0n) is 12.3. The lowest BCUT2D eigenvalue weighted by molar-refractivity contribution is 0.219. The van der Waals surface area contributed by atoms with E-state index in [1.807, 2.05) is 11.4 Å². The Kier molecular flexibility index (Phi) is 3.50. The van der Waals surface area contributed by atoms with Crippen LogP contribution in [0.1, 0.15) is 24.5 Å². The zero-order valence-corrected chi connectivity index (χ0v) is 13.1. The minimum Gasteiger partial charge on any atom is -0.396 e. The first kappa shape index (κ1) is 14.5. The first-order chi connectivity index (χ1) is 11.2. The smallest absolute Gasteiger partial charge is 0.152 e. The molecule has 23 heavy (non-hydrogen) atoms. The van der Waals surface area contributed by atoms with Crippen LogP contribution in [-0.2, 0) is 0 Å². The predicted octanol–water partition coefficient (Wildman–Crippen LogP) is 2.26. The molecule has 6 nitrogen and oxygen atoms in total. The highest BCUT2D eigenvalue weighted by Gasteiger charge is 2.37. The minimum absolute atomic E-state index is 0.0106. The molecule has 3 heterocycles. The maximum Gasteiger partial charge on any atom is 0.152 e. The summed E-state index contributed by atoms with van der Waals surface area (Å²) in [6.45, 7) is 0.0106. The van der Waals surface area contributed by atoms with Crippen LogP contribution < -0.4 is 5.73 Å². The van der Waals surface area contributed by atoms with Gasteiger partial charge in [-0.1, -0.05) is 0 Å². The summed E-state index contributed by atoms with van der Waals surface area (Å²) in [6.07, 6.45) is 3.08. The van der Waals surface area contributed by atoms with Crippen molar-refractivity contribution in [1.82, 2.24) is 19.6 Å². The van der Waals surface area contributed by atoms with Crippen molar-refractivity contribution in [2.75, 3.05) is 12.3 Å². The van der Waals surface area contributed by atoms with E-state index in [0.717, 1.165) is 16.3 Å². The number of rotatable bonds is 3. The van der Waals surface area contributed by atoms with Gasteiger partial charge in [-0.25, -0.2) is 18.9 Å². The summed E-state index contributed by atoms with van der Waals surface area (Å²) in [5.41, 5.74) is 8.29. The third-order valence-corrected chi connectivity index (χ3v) is 5.30. The maximum absolute atomic E-state index is 14.5. The van der Waals surface area contributed by atoms with Gasteiger partial charge in [-0.15, -0.1) is 11.3 Å². The van der Waals surface area contributed by atoms with Crippen LogP contribution in [-0.4, -0.2) is 37.5 Å². The van der Waals surface area contributed by atoms with Crippen LogP contribution >= 0.6 is 11.3 Å². The number of thiazole rings is 1. The molecule has 0 spiro atoms. The van der Waals surface area contributed by atoms with Crippen LogP contribution in [0.5, 0.6) is 0 Å². The number of alkyl halides is 1. The Morgan fingerprint density at radius 1 is 1.39 bits per heavy atom.